The molecule has 0 saturated heterocycles. The molecule has 0 bridgehead atoms. The third kappa shape index (κ3) is 3.11. The Morgan fingerprint density at radius 1 is 1.35 bits per heavy atom. The van der Waals surface area contributed by atoms with Gasteiger partial charge in [-0.1, -0.05) is 0 Å². The minimum atomic E-state index is -1.06. The van der Waals surface area contributed by atoms with Gasteiger partial charge in [0.25, 0.3) is 0 Å². The number of nitrogens with one attached hydrogen (secondary N) is 1. The first-order chi connectivity index (χ1) is 9.47. The molecule has 0 aliphatic rings. The number of carboxylic acids is 1. The van der Waals surface area contributed by atoms with Crippen LogP contribution in [0.3, 0.4) is 0 Å². The third-order valence-electron chi connectivity index (χ3n) is 3.05. The first-order valence-electron chi connectivity index (χ1n) is 6.28. The lowest BCUT2D eigenvalue weighted by molar-refractivity contribution is 0.0690. The quantitative estimate of drug-likeness (QED) is 0.857. The highest BCUT2D eigenvalue weighted by molar-refractivity contribution is 5.85. The predicted molar refractivity (Wildman–Crippen MR) is 73.9 cm³/mol. The molecule has 0 aliphatic carbocycles. The number of imidazole rings is 1. The Labute approximate surface area is 116 Å². The molecule has 2 aromatic heterocycles. The molecule has 0 atom stereocenters. The molecule has 7 nitrogen and oxygen atoms in total. The fourth-order valence-electron chi connectivity index (χ4n) is 1.81. The second-order valence-corrected chi connectivity index (χ2v) is 4.56. The van der Waals surface area contributed by atoms with Crippen molar-refractivity contribution in [3.63, 3.8) is 0 Å². The number of aromatic carboxylic acids is 1. The van der Waals surface area contributed by atoms with Gasteiger partial charge in [-0.05, 0) is 26.8 Å². The van der Waals surface area contributed by atoms with Crippen LogP contribution in [0.25, 0.3) is 0 Å². The highest BCUT2D eigenvalue weighted by Gasteiger charge is 2.08. The first kappa shape index (κ1) is 14.0. The number of carboxylic acid groups (broad SMARTS) is 1. The second kappa shape index (κ2) is 5.68. The molecule has 7 heteroatoms. The SMILES string of the molecule is Cc1cc(C(=O)O)nc(NCCn2cnc(C)c2C)n1. The topological polar surface area (TPSA) is 92.9 Å². The average Bonchev–Trinajstić information content (AvgIpc) is 2.70. The standard InChI is InChI=1S/C13H17N5O2/c1-8-6-11(12(19)20)17-13(16-8)14-4-5-18-7-15-9(2)10(18)3/h6-7H,4-5H2,1-3H3,(H,19,20)(H,14,16,17). The molecule has 2 N–H and O–H groups in total. The summed E-state index contributed by atoms with van der Waals surface area (Å²) in [4.78, 5) is 23.2. The Kier molecular flexibility index (Phi) is 3.97. The van der Waals surface area contributed by atoms with Crippen molar-refractivity contribution < 1.29 is 9.90 Å². The van der Waals surface area contributed by atoms with Crippen molar-refractivity contribution in [1.29, 1.82) is 0 Å². The number of hydrogen-bond donors (Lipinski definition) is 2. The summed E-state index contributed by atoms with van der Waals surface area (Å²) in [6, 6.07) is 1.44. The van der Waals surface area contributed by atoms with Gasteiger partial charge in [-0.3, -0.25) is 0 Å². The Morgan fingerprint density at radius 2 is 2.10 bits per heavy atom. The van der Waals surface area contributed by atoms with E-state index in [1.54, 1.807) is 13.3 Å². The van der Waals surface area contributed by atoms with E-state index < -0.39 is 5.97 Å². The van der Waals surface area contributed by atoms with E-state index in [-0.39, 0.29) is 5.69 Å². The highest BCUT2D eigenvalue weighted by Crippen LogP contribution is 2.06. The summed E-state index contributed by atoms with van der Waals surface area (Å²) in [7, 11) is 0. The molecule has 20 heavy (non-hydrogen) atoms. The molecule has 0 unspecified atom stereocenters. The van der Waals surface area contributed by atoms with Crippen LogP contribution in [0.15, 0.2) is 12.4 Å². The van der Waals surface area contributed by atoms with Gasteiger partial charge in [-0.25, -0.2) is 19.7 Å². The number of nitrogens with zero attached hydrogens (tertiary/aromatic N) is 4. The minimum Gasteiger partial charge on any atom is -0.477 e. The number of aryl methyl sites for hydroxylation is 2. The smallest absolute Gasteiger partial charge is 0.354 e. The summed E-state index contributed by atoms with van der Waals surface area (Å²) in [5.74, 6) is -0.725. The van der Waals surface area contributed by atoms with E-state index in [1.807, 2.05) is 18.4 Å². The van der Waals surface area contributed by atoms with Crippen molar-refractivity contribution >= 4 is 11.9 Å². The van der Waals surface area contributed by atoms with Crippen LogP contribution in [0.2, 0.25) is 0 Å². The summed E-state index contributed by atoms with van der Waals surface area (Å²) in [6.07, 6.45) is 1.78. The highest BCUT2D eigenvalue weighted by atomic mass is 16.4. The summed E-state index contributed by atoms with van der Waals surface area (Å²) >= 11 is 0. The molecule has 2 heterocycles. The van der Waals surface area contributed by atoms with Crippen LogP contribution in [0, 0.1) is 20.8 Å². The van der Waals surface area contributed by atoms with Gasteiger partial charge in [0.15, 0.2) is 5.69 Å². The average molecular weight is 275 g/mol. The minimum absolute atomic E-state index is 0.00495. The maximum Gasteiger partial charge on any atom is 0.354 e. The molecular weight excluding hydrogens is 258 g/mol. The fourth-order valence-corrected chi connectivity index (χ4v) is 1.81. The number of aromatic nitrogens is 4. The van der Waals surface area contributed by atoms with Gasteiger partial charge in [0.05, 0.1) is 12.0 Å². The number of rotatable bonds is 5. The van der Waals surface area contributed by atoms with Gasteiger partial charge >= 0.3 is 5.97 Å². The van der Waals surface area contributed by atoms with E-state index in [2.05, 4.69) is 20.3 Å². The zero-order valence-corrected chi connectivity index (χ0v) is 11.7. The Morgan fingerprint density at radius 3 is 2.70 bits per heavy atom. The zero-order chi connectivity index (χ0) is 14.7. The van der Waals surface area contributed by atoms with Gasteiger partial charge in [0, 0.05) is 24.5 Å². The van der Waals surface area contributed by atoms with Crippen molar-refractivity contribution in [3.8, 4) is 0 Å². The van der Waals surface area contributed by atoms with Crippen LogP contribution in [0.1, 0.15) is 27.6 Å². The molecule has 0 spiro atoms. The number of carbonyl (C=O) groups is 1. The van der Waals surface area contributed by atoms with E-state index in [4.69, 9.17) is 5.11 Å². The van der Waals surface area contributed by atoms with Gasteiger partial charge < -0.3 is 15.0 Å². The molecule has 2 rings (SSSR count). The summed E-state index contributed by atoms with van der Waals surface area (Å²) < 4.78 is 2.02. The van der Waals surface area contributed by atoms with Gasteiger partial charge in [-0.15, -0.1) is 0 Å². The first-order valence-corrected chi connectivity index (χ1v) is 6.28. The van der Waals surface area contributed by atoms with E-state index in [0.717, 1.165) is 11.4 Å². The molecule has 0 aromatic carbocycles. The van der Waals surface area contributed by atoms with Crippen LogP contribution >= 0.6 is 0 Å². The fraction of sp³-hybridized carbons (Fsp3) is 0.385. The van der Waals surface area contributed by atoms with Crippen LogP contribution in [-0.4, -0.2) is 37.1 Å². The maximum atomic E-state index is 10.9. The van der Waals surface area contributed by atoms with Crippen molar-refractivity contribution in [3.05, 3.63) is 35.2 Å². The molecule has 0 saturated carbocycles. The second-order valence-electron chi connectivity index (χ2n) is 4.56. The lowest BCUT2D eigenvalue weighted by Crippen LogP contribution is -2.14. The lowest BCUT2D eigenvalue weighted by Gasteiger charge is -2.08. The Bertz CT molecular complexity index is 636. The van der Waals surface area contributed by atoms with Crippen LogP contribution in [0.4, 0.5) is 5.95 Å². The number of hydrogen-bond acceptors (Lipinski definition) is 5. The Balaban J connectivity index is 2.01. The van der Waals surface area contributed by atoms with Gasteiger partial charge in [0.1, 0.15) is 0 Å². The van der Waals surface area contributed by atoms with Crippen molar-refractivity contribution in [2.45, 2.75) is 27.3 Å². The molecule has 0 fully saturated rings. The predicted octanol–water partition coefficient (Wildman–Crippen LogP) is 1.41. The van der Waals surface area contributed by atoms with Crippen molar-refractivity contribution in [1.82, 2.24) is 19.5 Å². The molecule has 0 radical (unpaired) electrons. The summed E-state index contributed by atoms with van der Waals surface area (Å²) in [5, 5.41) is 12.0. The van der Waals surface area contributed by atoms with E-state index in [0.29, 0.717) is 24.7 Å². The van der Waals surface area contributed by atoms with Gasteiger partial charge in [-0.2, -0.15) is 0 Å². The largest absolute Gasteiger partial charge is 0.477 e. The molecule has 0 aliphatic heterocycles. The summed E-state index contributed by atoms with van der Waals surface area (Å²) in [6.45, 7) is 7.02. The molecule has 2 aromatic rings. The third-order valence-corrected chi connectivity index (χ3v) is 3.05. The van der Waals surface area contributed by atoms with Crippen molar-refractivity contribution in [2.24, 2.45) is 0 Å². The molecule has 0 amide bonds. The monoisotopic (exact) mass is 275 g/mol. The summed E-state index contributed by atoms with van der Waals surface area (Å²) in [5.41, 5.74) is 2.73. The van der Waals surface area contributed by atoms with Gasteiger partial charge in [0.2, 0.25) is 5.95 Å². The molecular formula is C13H17N5O2. The molecule has 106 valence electrons. The number of anilines is 1. The van der Waals surface area contributed by atoms with E-state index in [9.17, 15) is 4.79 Å². The van der Waals surface area contributed by atoms with Crippen LogP contribution in [0.5, 0.6) is 0 Å². The normalized spacial score (nSPS) is 10.6. The van der Waals surface area contributed by atoms with Crippen molar-refractivity contribution in [2.75, 3.05) is 11.9 Å². The van der Waals surface area contributed by atoms with E-state index in [1.165, 1.54) is 6.07 Å². The lowest BCUT2D eigenvalue weighted by atomic mass is 10.3. The zero-order valence-electron chi connectivity index (χ0n) is 11.7. The Hall–Kier alpha value is -2.44. The van der Waals surface area contributed by atoms with E-state index >= 15 is 0 Å². The van der Waals surface area contributed by atoms with Crippen LogP contribution < -0.4 is 5.32 Å². The maximum absolute atomic E-state index is 10.9. The van der Waals surface area contributed by atoms with Crippen LogP contribution in [-0.2, 0) is 6.54 Å².